The third-order valence-corrected chi connectivity index (χ3v) is 6.37. The molecule has 27 heavy (non-hydrogen) atoms. The number of H-pyrrole nitrogens is 1. The van der Waals surface area contributed by atoms with E-state index in [2.05, 4.69) is 4.98 Å². The lowest BCUT2D eigenvalue weighted by Gasteiger charge is -2.35. The quantitative estimate of drug-likeness (QED) is 0.602. The smallest absolute Gasteiger partial charge is 0.332 e. The number of aromatic amines is 1. The number of carbonyl (C=O) groups is 2. The van der Waals surface area contributed by atoms with Gasteiger partial charge in [0.2, 0.25) is 0 Å². The average molecular weight is 400 g/mol. The topological polar surface area (TPSA) is 56.4 Å². The summed E-state index contributed by atoms with van der Waals surface area (Å²) in [5.41, 5.74) is 2.21. The van der Waals surface area contributed by atoms with E-state index in [9.17, 15) is 9.59 Å². The highest BCUT2D eigenvalue weighted by atomic mass is 35.5. The van der Waals surface area contributed by atoms with Gasteiger partial charge in [-0.05, 0) is 43.2 Å². The molecule has 2 aromatic carbocycles. The molecule has 2 aliphatic heterocycles. The molecule has 5 rings (SSSR count). The molecule has 1 N–H and O–H groups in total. The molecule has 2 aliphatic rings. The number of benzene rings is 2. The summed E-state index contributed by atoms with van der Waals surface area (Å²) in [6.07, 6.45) is 0.698. The van der Waals surface area contributed by atoms with Gasteiger partial charge in [-0.1, -0.05) is 41.4 Å². The van der Waals surface area contributed by atoms with Crippen LogP contribution >= 0.6 is 23.2 Å². The van der Waals surface area contributed by atoms with Gasteiger partial charge < -0.3 is 9.88 Å². The fourth-order valence-electron chi connectivity index (χ4n) is 4.24. The van der Waals surface area contributed by atoms with Crippen molar-refractivity contribution in [1.82, 2.24) is 9.88 Å². The van der Waals surface area contributed by atoms with Crippen molar-refractivity contribution in [3.05, 3.63) is 63.8 Å². The molecule has 0 unspecified atom stereocenters. The van der Waals surface area contributed by atoms with Gasteiger partial charge in [0.25, 0.3) is 5.91 Å². The Hall–Kier alpha value is -2.50. The van der Waals surface area contributed by atoms with Crippen LogP contribution in [0.15, 0.2) is 42.5 Å². The lowest BCUT2D eigenvalue weighted by atomic mass is 9.87. The van der Waals surface area contributed by atoms with Crippen molar-refractivity contribution in [2.75, 3.05) is 11.4 Å². The van der Waals surface area contributed by atoms with E-state index in [1.165, 1.54) is 4.90 Å². The third kappa shape index (κ3) is 2.07. The monoisotopic (exact) mass is 399 g/mol. The van der Waals surface area contributed by atoms with Crippen LogP contribution in [0.3, 0.4) is 0 Å². The minimum absolute atomic E-state index is 0.293. The first-order chi connectivity index (χ1) is 12.9. The molecule has 3 amide bonds. The second-order valence-corrected chi connectivity index (χ2v) is 7.83. The van der Waals surface area contributed by atoms with Crippen LogP contribution in [0, 0.1) is 0 Å². The second kappa shape index (κ2) is 5.50. The van der Waals surface area contributed by atoms with Gasteiger partial charge in [0.15, 0.2) is 5.54 Å². The zero-order valence-electron chi connectivity index (χ0n) is 14.4. The third-order valence-electron chi connectivity index (χ3n) is 5.63. The Morgan fingerprint density at radius 3 is 2.63 bits per heavy atom. The van der Waals surface area contributed by atoms with Gasteiger partial charge in [-0.3, -0.25) is 4.79 Å². The first-order valence-electron chi connectivity index (χ1n) is 8.64. The van der Waals surface area contributed by atoms with Gasteiger partial charge in [-0.25, -0.2) is 9.69 Å². The predicted molar refractivity (Wildman–Crippen MR) is 105 cm³/mol. The van der Waals surface area contributed by atoms with Crippen LogP contribution in [0.1, 0.15) is 18.2 Å². The van der Waals surface area contributed by atoms with Gasteiger partial charge >= 0.3 is 6.03 Å². The summed E-state index contributed by atoms with van der Waals surface area (Å²) in [7, 11) is 0. The number of hydrogen-bond donors (Lipinski definition) is 1. The van der Waals surface area contributed by atoms with Crippen LogP contribution < -0.4 is 4.90 Å². The number of amides is 3. The van der Waals surface area contributed by atoms with E-state index in [-0.39, 0.29) is 11.9 Å². The maximum Gasteiger partial charge on any atom is 0.332 e. The van der Waals surface area contributed by atoms with E-state index < -0.39 is 5.54 Å². The Bertz CT molecular complexity index is 1140. The summed E-state index contributed by atoms with van der Waals surface area (Å²) in [5.74, 6) is -0.293. The first kappa shape index (κ1) is 16.7. The minimum Gasteiger partial charge on any atom is -0.356 e. The summed E-state index contributed by atoms with van der Waals surface area (Å²) in [5, 5.41) is 1.78. The Kier molecular flexibility index (Phi) is 3.39. The van der Waals surface area contributed by atoms with Crippen molar-refractivity contribution < 1.29 is 9.59 Å². The van der Waals surface area contributed by atoms with Gasteiger partial charge in [0.05, 0.1) is 21.4 Å². The van der Waals surface area contributed by atoms with E-state index in [1.807, 2.05) is 24.3 Å². The number of aromatic nitrogens is 1. The zero-order valence-corrected chi connectivity index (χ0v) is 15.9. The number of nitrogens with one attached hydrogen (secondary N) is 1. The molecule has 0 bridgehead atoms. The Morgan fingerprint density at radius 2 is 1.85 bits per heavy atom. The molecule has 7 heteroatoms. The molecule has 0 aliphatic carbocycles. The number of halogens is 2. The van der Waals surface area contributed by atoms with E-state index in [0.717, 1.165) is 22.2 Å². The van der Waals surface area contributed by atoms with Crippen molar-refractivity contribution in [3.63, 3.8) is 0 Å². The molecule has 1 saturated heterocycles. The number of urea groups is 1. The van der Waals surface area contributed by atoms with Gasteiger partial charge in [0, 0.05) is 17.4 Å². The fourth-order valence-corrected chi connectivity index (χ4v) is 4.54. The van der Waals surface area contributed by atoms with E-state index in [1.54, 1.807) is 30.0 Å². The highest BCUT2D eigenvalue weighted by Crippen LogP contribution is 2.45. The number of rotatable bonds is 1. The molecule has 1 aromatic heterocycles. The molecule has 0 saturated carbocycles. The lowest BCUT2D eigenvalue weighted by molar-refractivity contribution is -0.125. The highest BCUT2D eigenvalue weighted by molar-refractivity contribution is 6.42. The Balaban J connectivity index is 1.69. The van der Waals surface area contributed by atoms with Crippen LogP contribution in [0.2, 0.25) is 10.0 Å². The number of anilines is 1. The van der Waals surface area contributed by atoms with Gasteiger partial charge in [-0.2, -0.15) is 0 Å². The van der Waals surface area contributed by atoms with E-state index >= 15 is 0 Å². The van der Waals surface area contributed by atoms with Crippen LogP contribution in [0.4, 0.5) is 10.5 Å². The van der Waals surface area contributed by atoms with Crippen molar-refractivity contribution >= 4 is 51.7 Å². The first-order valence-corrected chi connectivity index (χ1v) is 9.40. The Morgan fingerprint density at radius 1 is 1.07 bits per heavy atom. The molecular weight excluding hydrogens is 385 g/mol. The van der Waals surface area contributed by atoms with Crippen molar-refractivity contribution in [3.8, 4) is 0 Å². The summed E-state index contributed by atoms with van der Waals surface area (Å²) in [6.45, 7) is 2.28. The number of fused-ring (bicyclic) bond motifs is 5. The van der Waals surface area contributed by atoms with Crippen LogP contribution in [-0.4, -0.2) is 28.4 Å². The highest BCUT2D eigenvalue weighted by Gasteiger charge is 2.59. The number of imide groups is 1. The number of carbonyl (C=O) groups excluding carboxylic acids is 2. The van der Waals surface area contributed by atoms with Crippen molar-refractivity contribution in [1.29, 1.82) is 0 Å². The molecule has 5 nitrogen and oxygen atoms in total. The maximum atomic E-state index is 13.5. The fraction of sp³-hybridized carbons (Fsp3) is 0.200. The molecule has 0 spiro atoms. The van der Waals surface area contributed by atoms with Crippen molar-refractivity contribution in [2.45, 2.75) is 18.9 Å². The summed E-state index contributed by atoms with van der Waals surface area (Å²) in [6, 6.07) is 12.4. The number of para-hydroxylation sites is 1. The van der Waals surface area contributed by atoms with E-state index in [0.29, 0.717) is 28.7 Å². The maximum absolute atomic E-state index is 13.5. The molecule has 1 atom stereocenters. The standard InChI is InChI=1S/C20H15Cl2N3O2/c1-20-17-13(12-4-2-3-5-16(12)23-17)8-9-24(20)19(27)25(18(20)26)11-6-7-14(21)15(22)10-11/h2-7,10,23H,8-9H2,1H3/t20-/m0/s1. The SMILES string of the molecule is C[C@]12C(=O)N(c3ccc(Cl)c(Cl)c3)C(=O)N1CCc1c2[nH]c2ccccc12. The average Bonchev–Trinajstić information content (AvgIpc) is 3.13. The Labute approximate surface area is 165 Å². The second-order valence-electron chi connectivity index (χ2n) is 7.02. The summed E-state index contributed by atoms with van der Waals surface area (Å²) >= 11 is 12.1. The van der Waals surface area contributed by atoms with Crippen molar-refractivity contribution in [2.24, 2.45) is 0 Å². The van der Waals surface area contributed by atoms with Gasteiger partial charge in [0.1, 0.15) is 0 Å². The normalized spacial score (nSPS) is 21.7. The largest absolute Gasteiger partial charge is 0.356 e. The van der Waals surface area contributed by atoms with Crippen LogP contribution in [0.5, 0.6) is 0 Å². The lowest BCUT2D eigenvalue weighted by Crippen LogP contribution is -2.49. The zero-order chi connectivity index (χ0) is 18.9. The molecular formula is C20H15Cl2N3O2. The van der Waals surface area contributed by atoms with Crippen LogP contribution in [0.25, 0.3) is 10.9 Å². The predicted octanol–water partition coefficient (Wildman–Crippen LogP) is 4.71. The van der Waals surface area contributed by atoms with Crippen LogP contribution in [-0.2, 0) is 16.8 Å². The number of nitrogens with zero attached hydrogens (tertiary/aromatic N) is 2. The van der Waals surface area contributed by atoms with Gasteiger partial charge in [-0.15, -0.1) is 0 Å². The molecule has 1 fully saturated rings. The summed E-state index contributed by atoms with van der Waals surface area (Å²) in [4.78, 5) is 32.8. The summed E-state index contributed by atoms with van der Waals surface area (Å²) < 4.78 is 0. The molecule has 3 heterocycles. The number of hydrogen-bond acceptors (Lipinski definition) is 2. The molecule has 3 aromatic rings. The minimum atomic E-state index is -1.07. The molecule has 136 valence electrons. The van der Waals surface area contributed by atoms with E-state index in [4.69, 9.17) is 23.2 Å². The molecule has 0 radical (unpaired) electrons.